The van der Waals surface area contributed by atoms with Crippen LogP contribution in [0.2, 0.25) is 0 Å². The first-order valence-corrected chi connectivity index (χ1v) is 11.4. The van der Waals surface area contributed by atoms with Gasteiger partial charge in [0, 0.05) is 13.0 Å². The number of amides is 1. The highest BCUT2D eigenvalue weighted by atomic mass is 16.5. The highest BCUT2D eigenvalue weighted by Crippen LogP contribution is 2.38. The zero-order valence-corrected chi connectivity index (χ0v) is 19.5. The third-order valence-corrected chi connectivity index (χ3v) is 6.24. The second kappa shape index (κ2) is 11.6. The topological polar surface area (TPSA) is 200 Å². The van der Waals surface area contributed by atoms with E-state index in [1.807, 2.05) is 36.4 Å². The monoisotopic (exact) mass is 502 g/mol. The van der Waals surface area contributed by atoms with Gasteiger partial charge in [-0.15, -0.1) is 0 Å². The van der Waals surface area contributed by atoms with Crippen LogP contribution < -0.4 is 11.1 Å². The number of aliphatic carboxylic acids is 1. The molecular weight excluding hydrogens is 472 g/mol. The molecule has 3 rings (SSSR count). The summed E-state index contributed by atoms with van der Waals surface area (Å²) in [5.41, 5.74) is 8.09. The Morgan fingerprint density at radius 3 is 2.44 bits per heavy atom. The number of carbonyl (C=O) groups excluding carboxylic acids is 2. The van der Waals surface area contributed by atoms with Crippen molar-refractivity contribution in [2.45, 2.75) is 49.7 Å². The summed E-state index contributed by atoms with van der Waals surface area (Å²) in [5, 5.41) is 50.8. The van der Waals surface area contributed by atoms with Crippen LogP contribution in [0.3, 0.4) is 0 Å². The second-order valence-corrected chi connectivity index (χ2v) is 8.65. The lowest BCUT2D eigenvalue weighted by Crippen LogP contribution is -2.70. The molecular formula is C25H30N2O9. The molecule has 0 bridgehead atoms. The SMILES string of the molecule is N[C@@](C(=O)NCc1cccc2c1Cc1ccccc1-2)(C(=O)OCCCC(=O)O)[C@@H](O)[C@H](O)[C@H](O)CO. The average molecular weight is 503 g/mol. The minimum absolute atomic E-state index is 0.0629. The first-order chi connectivity index (χ1) is 17.1. The van der Waals surface area contributed by atoms with E-state index in [2.05, 4.69) is 5.32 Å². The van der Waals surface area contributed by atoms with Crippen molar-refractivity contribution >= 4 is 17.8 Å². The molecule has 0 heterocycles. The molecule has 0 radical (unpaired) electrons. The van der Waals surface area contributed by atoms with Crippen LogP contribution in [0.15, 0.2) is 42.5 Å². The summed E-state index contributed by atoms with van der Waals surface area (Å²) in [6.07, 6.45) is -6.15. The number of carboxylic acid groups (broad SMARTS) is 1. The number of fused-ring (bicyclic) bond motifs is 3. The Morgan fingerprint density at radius 2 is 1.75 bits per heavy atom. The molecule has 0 aromatic heterocycles. The van der Waals surface area contributed by atoms with Gasteiger partial charge in [-0.05, 0) is 40.7 Å². The van der Waals surface area contributed by atoms with Gasteiger partial charge in [-0.3, -0.25) is 9.59 Å². The number of nitrogens with two attached hydrogens (primary N) is 1. The Hall–Kier alpha value is -3.35. The molecule has 8 N–H and O–H groups in total. The van der Waals surface area contributed by atoms with E-state index in [4.69, 9.17) is 20.7 Å². The van der Waals surface area contributed by atoms with Gasteiger partial charge in [0.1, 0.15) is 18.3 Å². The largest absolute Gasteiger partial charge is 0.481 e. The van der Waals surface area contributed by atoms with Gasteiger partial charge in [-0.25, -0.2) is 4.79 Å². The Balaban J connectivity index is 1.79. The summed E-state index contributed by atoms with van der Waals surface area (Å²) >= 11 is 0. The molecule has 1 aliphatic rings. The van der Waals surface area contributed by atoms with E-state index in [0.29, 0.717) is 6.42 Å². The maximum absolute atomic E-state index is 13.1. The van der Waals surface area contributed by atoms with Crippen LogP contribution in [0.4, 0.5) is 0 Å². The molecule has 0 spiro atoms. The van der Waals surface area contributed by atoms with Crippen molar-refractivity contribution in [2.24, 2.45) is 5.73 Å². The van der Waals surface area contributed by atoms with Crippen LogP contribution in [0.1, 0.15) is 29.5 Å². The lowest BCUT2D eigenvalue weighted by Gasteiger charge is -2.34. The lowest BCUT2D eigenvalue weighted by molar-refractivity contribution is -0.169. The highest BCUT2D eigenvalue weighted by molar-refractivity contribution is 6.08. The van der Waals surface area contributed by atoms with Gasteiger partial charge in [-0.2, -0.15) is 0 Å². The van der Waals surface area contributed by atoms with Gasteiger partial charge >= 0.3 is 11.9 Å². The van der Waals surface area contributed by atoms with Crippen LogP contribution in [-0.4, -0.2) is 80.4 Å². The summed E-state index contributed by atoms with van der Waals surface area (Å²) in [5.74, 6) is -3.73. The van der Waals surface area contributed by atoms with Gasteiger partial charge in [0.05, 0.1) is 13.2 Å². The van der Waals surface area contributed by atoms with Gasteiger partial charge in [0.15, 0.2) is 0 Å². The van der Waals surface area contributed by atoms with Crippen molar-refractivity contribution in [1.82, 2.24) is 5.32 Å². The van der Waals surface area contributed by atoms with E-state index in [-0.39, 0.29) is 19.4 Å². The fraction of sp³-hybridized carbons (Fsp3) is 0.400. The Kier molecular flexibility index (Phi) is 8.77. The number of aliphatic hydroxyl groups is 4. The third-order valence-electron chi connectivity index (χ3n) is 6.24. The van der Waals surface area contributed by atoms with E-state index < -0.39 is 54.9 Å². The number of hydrogen-bond acceptors (Lipinski definition) is 9. The standard InChI is InChI=1S/C25H30N2O9/c26-25(22(33)21(32)19(29)13-28,24(35)36-10-4-9-20(30)31)23(34)27-12-15-6-3-8-17-16-7-2-1-5-14(16)11-18(15)17/h1-3,5-8,19,21-22,28-29,32-33H,4,9-13,26H2,(H,27,34)(H,30,31)/t19-,21-,22+,25+/m1/s1. The summed E-state index contributed by atoms with van der Waals surface area (Å²) in [4.78, 5) is 36.6. The molecule has 0 unspecified atom stereocenters. The van der Waals surface area contributed by atoms with E-state index in [1.165, 1.54) is 0 Å². The molecule has 0 fully saturated rings. The van der Waals surface area contributed by atoms with Gasteiger partial charge in [-0.1, -0.05) is 42.5 Å². The first-order valence-electron chi connectivity index (χ1n) is 11.4. The van der Waals surface area contributed by atoms with Crippen molar-refractivity contribution in [1.29, 1.82) is 0 Å². The summed E-state index contributed by atoms with van der Waals surface area (Å²) < 4.78 is 4.93. The molecule has 1 amide bonds. The number of hydrogen-bond donors (Lipinski definition) is 7. The van der Waals surface area contributed by atoms with Crippen molar-refractivity contribution in [3.63, 3.8) is 0 Å². The van der Waals surface area contributed by atoms with Crippen LogP contribution >= 0.6 is 0 Å². The summed E-state index contributed by atoms with van der Waals surface area (Å²) in [6.45, 7) is -1.44. The molecule has 4 atom stereocenters. The number of aliphatic hydroxyl groups excluding tert-OH is 4. The molecule has 11 nitrogen and oxygen atoms in total. The normalized spacial score (nSPS) is 16.1. The van der Waals surface area contributed by atoms with Gasteiger partial charge in [0.25, 0.3) is 5.91 Å². The number of carbonyl (C=O) groups is 3. The van der Waals surface area contributed by atoms with Crippen LogP contribution in [0.5, 0.6) is 0 Å². The minimum atomic E-state index is -2.86. The average Bonchev–Trinajstić information content (AvgIpc) is 3.26. The number of benzene rings is 2. The number of carboxylic acids is 1. The van der Waals surface area contributed by atoms with Crippen LogP contribution in [-0.2, 0) is 32.1 Å². The Bertz CT molecular complexity index is 1120. The lowest BCUT2D eigenvalue weighted by atomic mass is 9.86. The number of ether oxygens (including phenoxy) is 1. The quantitative estimate of drug-likeness (QED) is 0.0920. The van der Waals surface area contributed by atoms with Crippen LogP contribution in [0.25, 0.3) is 11.1 Å². The van der Waals surface area contributed by atoms with E-state index >= 15 is 0 Å². The molecule has 2 aromatic rings. The van der Waals surface area contributed by atoms with Crippen molar-refractivity contribution in [3.05, 3.63) is 59.2 Å². The predicted octanol–water partition coefficient (Wildman–Crippen LogP) is -0.945. The smallest absolute Gasteiger partial charge is 0.338 e. The summed E-state index contributed by atoms with van der Waals surface area (Å²) in [7, 11) is 0. The molecule has 0 saturated carbocycles. The maximum Gasteiger partial charge on any atom is 0.338 e. The first kappa shape index (κ1) is 27.2. The molecule has 1 aliphatic carbocycles. The number of rotatable bonds is 12. The molecule has 0 aliphatic heterocycles. The molecule has 0 saturated heterocycles. The number of nitrogens with one attached hydrogen (secondary N) is 1. The fourth-order valence-corrected chi connectivity index (χ4v) is 4.15. The molecule has 194 valence electrons. The molecule has 11 heteroatoms. The predicted molar refractivity (Wildman–Crippen MR) is 126 cm³/mol. The van der Waals surface area contributed by atoms with Crippen molar-refractivity contribution < 1.29 is 44.7 Å². The molecule has 36 heavy (non-hydrogen) atoms. The van der Waals surface area contributed by atoms with Crippen molar-refractivity contribution in [2.75, 3.05) is 13.2 Å². The van der Waals surface area contributed by atoms with E-state index in [9.17, 15) is 29.7 Å². The van der Waals surface area contributed by atoms with Crippen molar-refractivity contribution in [3.8, 4) is 11.1 Å². The van der Waals surface area contributed by atoms with E-state index in [1.54, 1.807) is 6.07 Å². The van der Waals surface area contributed by atoms with Gasteiger partial charge < -0.3 is 41.3 Å². The summed E-state index contributed by atoms with van der Waals surface area (Å²) in [6, 6.07) is 13.5. The zero-order chi connectivity index (χ0) is 26.5. The maximum atomic E-state index is 13.1. The van der Waals surface area contributed by atoms with E-state index in [0.717, 1.165) is 27.8 Å². The second-order valence-electron chi connectivity index (χ2n) is 8.65. The number of esters is 1. The minimum Gasteiger partial charge on any atom is -0.481 e. The Morgan fingerprint density at radius 1 is 1.06 bits per heavy atom. The van der Waals surface area contributed by atoms with Gasteiger partial charge in [0.2, 0.25) is 5.54 Å². The highest BCUT2D eigenvalue weighted by Gasteiger charge is 2.54. The Labute approximate surface area is 207 Å². The van der Waals surface area contributed by atoms with Crippen LogP contribution in [0, 0.1) is 0 Å². The fourth-order valence-electron chi connectivity index (χ4n) is 4.15. The molecule has 2 aromatic carbocycles. The third kappa shape index (κ3) is 5.55. The zero-order valence-electron chi connectivity index (χ0n) is 19.5.